The molecule has 0 aliphatic rings. The minimum absolute atomic E-state index is 0.0174. The second-order valence-electron chi connectivity index (χ2n) is 6.40. The number of thiophene rings is 1. The number of amides is 1. The highest BCUT2D eigenvalue weighted by Gasteiger charge is 2.20. The van der Waals surface area contributed by atoms with E-state index in [1.807, 2.05) is 19.1 Å². The van der Waals surface area contributed by atoms with Gasteiger partial charge in [-0.1, -0.05) is 19.1 Å². The fraction of sp³-hybridized carbons (Fsp3) is 0.300. The first kappa shape index (κ1) is 20.7. The van der Waals surface area contributed by atoms with Gasteiger partial charge in [-0.3, -0.25) is 14.2 Å². The molecule has 0 aliphatic heterocycles. The number of nitrogens with zero attached hydrogens (tertiary/aromatic N) is 2. The molecule has 2 N–H and O–H groups in total. The van der Waals surface area contributed by atoms with E-state index in [2.05, 4.69) is 10.3 Å². The summed E-state index contributed by atoms with van der Waals surface area (Å²) in [5.41, 5.74) is 1.12. The summed E-state index contributed by atoms with van der Waals surface area (Å²) in [5, 5.41) is 13.5. The third kappa shape index (κ3) is 4.52. The maximum absolute atomic E-state index is 13.0. The van der Waals surface area contributed by atoms with E-state index in [9.17, 15) is 19.5 Å². The van der Waals surface area contributed by atoms with Crippen LogP contribution >= 0.6 is 11.3 Å². The third-order valence-electron chi connectivity index (χ3n) is 4.48. The summed E-state index contributed by atoms with van der Waals surface area (Å²) in [6.07, 6.45) is 1.21. The number of hydrogen-bond acceptors (Lipinski definition) is 6. The highest BCUT2D eigenvalue weighted by molar-refractivity contribution is 7.17. The van der Waals surface area contributed by atoms with Crippen molar-refractivity contribution in [1.82, 2.24) is 9.55 Å². The fourth-order valence-electron chi connectivity index (χ4n) is 2.94. The predicted molar refractivity (Wildman–Crippen MR) is 111 cm³/mol. The van der Waals surface area contributed by atoms with Gasteiger partial charge in [-0.25, -0.2) is 9.78 Å². The molecule has 0 bridgehead atoms. The molecular formula is C20H21N3O5S. The summed E-state index contributed by atoms with van der Waals surface area (Å²) in [4.78, 5) is 41.8. The number of nitrogens with one attached hydrogen (secondary N) is 1. The van der Waals surface area contributed by atoms with Gasteiger partial charge >= 0.3 is 5.97 Å². The molecule has 0 unspecified atom stereocenters. The number of carboxylic acid groups (broad SMARTS) is 1. The smallest absolute Gasteiger partial charge is 0.337 e. The summed E-state index contributed by atoms with van der Waals surface area (Å²) >= 11 is 1.09. The van der Waals surface area contributed by atoms with Crippen molar-refractivity contribution in [2.75, 3.05) is 19.0 Å². The van der Waals surface area contributed by atoms with Crippen molar-refractivity contribution in [2.24, 2.45) is 0 Å². The van der Waals surface area contributed by atoms with Gasteiger partial charge in [0.2, 0.25) is 5.91 Å². The van der Waals surface area contributed by atoms with Crippen molar-refractivity contribution >= 4 is 39.1 Å². The Morgan fingerprint density at radius 2 is 2.00 bits per heavy atom. The number of rotatable bonds is 8. The van der Waals surface area contributed by atoms with Crippen LogP contribution in [0.5, 0.6) is 0 Å². The predicted octanol–water partition coefficient (Wildman–Crippen LogP) is 2.55. The lowest BCUT2D eigenvalue weighted by atomic mass is 10.1. The molecule has 152 valence electrons. The van der Waals surface area contributed by atoms with Crippen LogP contribution in [0.15, 0.2) is 34.4 Å². The zero-order valence-corrected chi connectivity index (χ0v) is 16.9. The Morgan fingerprint density at radius 3 is 2.62 bits per heavy atom. The molecule has 0 saturated carbocycles. The van der Waals surface area contributed by atoms with E-state index >= 15 is 0 Å². The Balaban J connectivity index is 1.95. The lowest BCUT2D eigenvalue weighted by Gasteiger charge is -2.13. The maximum atomic E-state index is 13.0. The molecule has 9 heteroatoms. The van der Waals surface area contributed by atoms with Crippen LogP contribution in [0.25, 0.3) is 10.2 Å². The van der Waals surface area contributed by atoms with Crippen LogP contribution in [-0.4, -0.2) is 40.3 Å². The molecule has 2 heterocycles. The standard InChI is InChI=1S/C20H21N3O5S/c1-3-12-4-6-13(7-5-12)21-16(24)10-23-15(8-9-28-2)22-18-17(19(23)25)14(11-29-18)20(26)27/h4-7,11H,3,8-10H2,1-2H3,(H,21,24)(H,26,27). The monoisotopic (exact) mass is 415 g/mol. The first-order chi connectivity index (χ1) is 13.9. The van der Waals surface area contributed by atoms with Crippen LogP contribution in [0, 0.1) is 0 Å². The number of benzene rings is 1. The number of carboxylic acids is 1. The van der Waals surface area contributed by atoms with Gasteiger partial charge in [-0.15, -0.1) is 11.3 Å². The molecule has 0 saturated heterocycles. The average molecular weight is 415 g/mol. The Kier molecular flexibility index (Phi) is 6.40. The number of carbonyl (C=O) groups excluding carboxylic acids is 1. The molecule has 3 rings (SSSR count). The highest BCUT2D eigenvalue weighted by atomic mass is 32.1. The zero-order valence-electron chi connectivity index (χ0n) is 16.1. The summed E-state index contributed by atoms with van der Waals surface area (Å²) < 4.78 is 6.29. The largest absolute Gasteiger partial charge is 0.478 e. The van der Waals surface area contributed by atoms with E-state index in [4.69, 9.17) is 4.74 Å². The highest BCUT2D eigenvalue weighted by Crippen LogP contribution is 2.22. The normalized spacial score (nSPS) is 11.0. The van der Waals surface area contributed by atoms with Gasteiger partial charge in [0.15, 0.2) is 0 Å². The fourth-order valence-corrected chi connectivity index (χ4v) is 3.86. The van der Waals surface area contributed by atoms with Crippen LogP contribution < -0.4 is 10.9 Å². The van der Waals surface area contributed by atoms with Crippen LogP contribution in [0.4, 0.5) is 5.69 Å². The topological polar surface area (TPSA) is 111 Å². The number of aryl methyl sites for hydroxylation is 1. The van der Waals surface area contributed by atoms with Gasteiger partial charge in [-0.05, 0) is 24.1 Å². The number of aromatic nitrogens is 2. The van der Waals surface area contributed by atoms with Crippen molar-refractivity contribution < 1.29 is 19.4 Å². The van der Waals surface area contributed by atoms with Gasteiger partial charge in [0.25, 0.3) is 5.56 Å². The molecule has 0 fully saturated rings. The van der Waals surface area contributed by atoms with Crippen molar-refractivity contribution in [1.29, 1.82) is 0 Å². The van der Waals surface area contributed by atoms with Gasteiger partial charge in [0, 0.05) is 24.6 Å². The summed E-state index contributed by atoms with van der Waals surface area (Å²) in [5.74, 6) is -1.23. The molecule has 8 nitrogen and oxygen atoms in total. The Morgan fingerprint density at radius 1 is 1.28 bits per heavy atom. The molecule has 1 amide bonds. The second-order valence-corrected chi connectivity index (χ2v) is 7.25. The van der Waals surface area contributed by atoms with Gasteiger partial charge in [-0.2, -0.15) is 0 Å². The van der Waals surface area contributed by atoms with Gasteiger partial charge in [0.1, 0.15) is 17.2 Å². The molecule has 1 aromatic carbocycles. The van der Waals surface area contributed by atoms with Crippen LogP contribution in [0.3, 0.4) is 0 Å². The molecule has 0 spiro atoms. The maximum Gasteiger partial charge on any atom is 0.337 e. The van der Waals surface area contributed by atoms with Gasteiger partial charge in [0.05, 0.1) is 17.6 Å². The van der Waals surface area contributed by atoms with E-state index in [0.29, 0.717) is 29.4 Å². The molecule has 29 heavy (non-hydrogen) atoms. The quantitative estimate of drug-likeness (QED) is 0.585. The molecular weight excluding hydrogens is 394 g/mol. The Hall–Kier alpha value is -3.04. The second kappa shape index (κ2) is 8.97. The van der Waals surface area contributed by atoms with E-state index < -0.39 is 17.4 Å². The number of fused-ring (bicyclic) bond motifs is 1. The lowest BCUT2D eigenvalue weighted by molar-refractivity contribution is -0.116. The Bertz CT molecular complexity index is 1100. The summed E-state index contributed by atoms with van der Waals surface area (Å²) in [7, 11) is 1.53. The molecule has 0 atom stereocenters. The first-order valence-corrected chi connectivity index (χ1v) is 9.94. The minimum atomic E-state index is -1.20. The average Bonchev–Trinajstić information content (AvgIpc) is 3.14. The van der Waals surface area contributed by atoms with Crippen molar-refractivity contribution in [3.05, 3.63) is 57.0 Å². The number of hydrogen-bond donors (Lipinski definition) is 2. The van der Waals surface area contributed by atoms with E-state index in [1.54, 1.807) is 12.1 Å². The number of aromatic carboxylic acids is 1. The van der Waals surface area contributed by atoms with E-state index in [1.165, 1.54) is 17.1 Å². The number of anilines is 1. The van der Waals surface area contributed by atoms with Crippen molar-refractivity contribution in [3.8, 4) is 0 Å². The number of methoxy groups -OCH3 is 1. The molecule has 2 aromatic heterocycles. The third-order valence-corrected chi connectivity index (χ3v) is 5.35. The van der Waals surface area contributed by atoms with Crippen molar-refractivity contribution in [2.45, 2.75) is 26.3 Å². The number of ether oxygens (including phenoxy) is 1. The first-order valence-electron chi connectivity index (χ1n) is 9.06. The van der Waals surface area contributed by atoms with Gasteiger partial charge < -0.3 is 15.2 Å². The van der Waals surface area contributed by atoms with Crippen LogP contribution in [0.2, 0.25) is 0 Å². The summed E-state index contributed by atoms with van der Waals surface area (Å²) in [6.45, 7) is 2.08. The SMILES string of the molecule is CCc1ccc(NC(=O)Cn2c(CCOC)nc3scc(C(=O)O)c3c2=O)cc1. The minimum Gasteiger partial charge on any atom is -0.478 e. The lowest BCUT2D eigenvalue weighted by Crippen LogP contribution is -2.32. The Labute approximate surface area is 170 Å². The van der Waals surface area contributed by atoms with E-state index in [-0.39, 0.29) is 17.5 Å². The zero-order chi connectivity index (χ0) is 21.0. The van der Waals surface area contributed by atoms with E-state index in [0.717, 1.165) is 23.3 Å². The van der Waals surface area contributed by atoms with Crippen LogP contribution in [0.1, 0.15) is 28.7 Å². The number of carbonyl (C=O) groups is 2. The van der Waals surface area contributed by atoms with Crippen molar-refractivity contribution in [3.63, 3.8) is 0 Å². The molecule has 3 aromatic rings. The summed E-state index contributed by atoms with van der Waals surface area (Å²) in [6, 6.07) is 7.44. The molecule has 0 aliphatic carbocycles. The molecule has 0 radical (unpaired) electrons. The van der Waals surface area contributed by atoms with Crippen LogP contribution in [-0.2, 0) is 28.9 Å².